The summed E-state index contributed by atoms with van der Waals surface area (Å²) >= 11 is 5.55. The number of hydrogen-bond donors (Lipinski definition) is 2. The van der Waals surface area contributed by atoms with Crippen molar-refractivity contribution in [1.82, 2.24) is 0 Å². The third-order valence-electron chi connectivity index (χ3n) is 1.27. The SMILES string of the molecule is Nc1cc(C=O)c(Cl)cc1O. The molecule has 3 nitrogen and oxygen atoms in total. The van der Waals surface area contributed by atoms with Gasteiger partial charge in [0.1, 0.15) is 5.75 Å². The predicted octanol–water partition coefficient (Wildman–Crippen LogP) is 1.44. The lowest BCUT2D eigenvalue weighted by Crippen LogP contribution is -1.89. The molecule has 0 saturated carbocycles. The first-order chi connectivity index (χ1) is 5.15. The summed E-state index contributed by atoms with van der Waals surface area (Å²) in [6, 6.07) is 2.56. The van der Waals surface area contributed by atoms with E-state index in [1.807, 2.05) is 0 Å². The molecular formula is C7H6ClNO2. The monoisotopic (exact) mass is 171 g/mol. The number of benzene rings is 1. The fourth-order valence-electron chi connectivity index (χ4n) is 0.687. The molecule has 58 valence electrons. The highest BCUT2D eigenvalue weighted by molar-refractivity contribution is 6.33. The number of hydrogen-bond acceptors (Lipinski definition) is 3. The molecule has 0 radical (unpaired) electrons. The van der Waals surface area contributed by atoms with Gasteiger partial charge in [0.05, 0.1) is 10.7 Å². The zero-order chi connectivity index (χ0) is 8.43. The number of carbonyl (C=O) groups is 1. The molecule has 0 aliphatic rings. The van der Waals surface area contributed by atoms with E-state index >= 15 is 0 Å². The third-order valence-corrected chi connectivity index (χ3v) is 1.60. The number of aromatic hydroxyl groups is 1. The number of nitrogen functional groups attached to an aromatic ring is 1. The normalized spacial score (nSPS) is 9.55. The van der Waals surface area contributed by atoms with Gasteiger partial charge in [-0.1, -0.05) is 11.6 Å². The van der Waals surface area contributed by atoms with Gasteiger partial charge in [-0.3, -0.25) is 4.79 Å². The molecule has 0 heterocycles. The minimum atomic E-state index is -0.111. The average molecular weight is 172 g/mol. The second-order valence-electron chi connectivity index (χ2n) is 2.05. The van der Waals surface area contributed by atoms with Crippen LogP contribution in [0.25, 0.3) is 0 Å². The fraction of sp³-hybridized carbons (Fsp3) is 0. The maximum atomic E-state index is 10.3. The van der Waals surface area contributed by atoms with Gasteiger partial charge in [0, 0.05) is 11.6 Å². The molecule has 1 aromatic carbocycles. The van der Waals surface area contributed by atoms with Crippen LogP contribution in [0.3, 0.4) is 0 Å². The first-order valence-electron chi connectivity index (χ1n) is 2.88. The van der Waals surface area contributed by atoms with Crippen LogP contribution in [0.1, 0.15) is 10.4 Å². The Kier molecular flexibility index (Phi) is 2.01. The lowest BCUT2D eigenvalue weighted by atomic mass is 10.2. The number of phenols is 1. The molecule has 0 bridgehead atoms. The number of phenolic OH excluding ortho intramolecular Hbond substituents is 1. The second-order valence-corrected chi connectivity index (χ2v) is 2.46. The lowest BCUT2D eigenvalue weighted by Gasteiger charge is -2.00. The van der Waals surface area contributed by atoms with Gasteiger partial charge >= 0.3 is 0 Å². The van der Waals surface area contributed by atoms with Crippen molar-refractivity contribution in [2.75, 3.05) is 5.73 Å². The largest absolute Gasteiger partial charge is 0.506 e. The van der Waals surface area contributed by atoms with Crippen LogP contribution in [0, 0.1) is 0 Å². The van der Waals surface area contributed by atoms with Crippen LogP contribution in [-0.4, -0.2) is 11.4 Å². The van der Waals surface area contributed by atoms with Crippen molar-refractivity contribution in [3.63, 3.8) is 0 Å². The van der Waals surface area contributed by atoms with Crippen LogP contribution in [0.15, 0.2) is 12.1 Å². The highest BCUT2D eigenvalue weighted by Gasteiger charge is 2.03. The molecule has 0 atom stereocenters. The van der Waals surface area contributed by atoms with Crippen LogP contribution in [-0.2, 0) is 0 Å². The Bertz CT molecular complexity index is 299. The molecule has 0 spiro atoms. The number of aldehydes is 1. The number of rotatable bonds is 1. The Labute approximate surface area is 68.4 Å². The second kappa shape index (κ2) is 2.80. The van der Waals surface area contributed by atoms with Crippen molar-refractivity contribution in [3.8, 4) is 5.75 Å². The van der Waals surface area contributed by atoms with E-state index in [4.69, 9.17) is 22.4 Å². The van der Waals surface area contributed by atoms with Crippen LogP contribution >= 0.6 is 11.6 Å². The molecule has 11 heavy (non-hydrogen) atoms. The molecule has 0 aliphatic heterocycles. The summed E-state index contributed by atoms with van der Waals surface area (Å²) in [6.45, 7) is 0. The summed E-state index contributed by atoms with van der Waals surface area (Å²) in [5.41, 5.74) is 5.73. The number of nitrogens with two attached hydrogens (primary N) is 1. The molecule has 0 amide bonds. The van der Waals surface area contributed by atoms with Gasteiger partial charge in [0.25, 0.3) is 0 Å². The highest BCUT2D eigenvalue weighted by Crippen LogP contribution is 2.26. The minimum absolute atomic E-state index is 0.111. The predicted molar refractivity (Wildman–Crippen MR) is 42.9 cm³/mol. The average Bonchev–Trinajstić information content (AvgIpc) is 1.97. The van der Waals surface area contributed by atoms with E-state index in [0.717, 1.165) is 0 Å². The van der Waals surface area contributed by atoms with E-state index < -0.39 is 0 Å². The van der Waals surface area contributed by atoms with Gasteiger partial charge in [0.2, 0.25) is 0 Å². The van der Waals surface area contributed by atoms with Crippen molar-refractivity contribution < 1.29 is 9.90 Å². The Morgan fingerprint density at radius 1 is 1.55 bits per heavy atom. The molecule has 4 heteroatoms. The first kappa shape index (κ1) is 7.88. The molecule has 0 aromatic heterocycles. The van der Waals surface area contributed by atoms with Gasteiger partial charge in [-0.15, -0.1) is 0 Å². The minimum Gasteiger partial charge on any atom is -0.506 e. The maximum absolute atomic E-state index is 10.3. The van der Waals surface area contributed by atoms with E-state index in [1.165, 1.54) is 12.1 Å². The van der Waals surface area contributed by atoms with Crippen LogP contribution in [0.2, 0.25) is 5.02 Å². The van der Waals surface area contributed by atoms with E-state index in [9.17, 15) is 4.79 Å². The van der Waals surface area contributed by atoms with Crippen molar-refractivity contribution in [3.05, 3.63) is 22.7 Å². The molecule has 0 fully saturated rings. The number of anilines is 1. The number of carbonyl (C=O) groups excluding carboxylic acids is 1. The summed E-state index contributed by atoms with van der Waals surface area (Å²) in [5.74, 6) is -0.111. The molecular weight excluding hydrogens is 166 g/mol. The quantitative estimate of drug-likeness (QED) is 0.382. The van der Waals surface area contributed by atoms with E-state index in [0.29, 0.717) is 6.29 Å². The Balaban J connectivity index is 3.31. The van der Waals surface area contributed by atoms with Gasteiger partial charge in [-0.05, 0) is 6.07 Å². The van der Waals surface area contributed by atoms with E-state index in [-0.39, 0.29) is 22.0 Å². The van der Waals surface area contributed by atoms with Crippen molar-refractivity contribution in [2.45, 2.75) is 0 Å². The van der Waals surface area contributed by atoms with E-state index in [1.54, 1.807) is 0 Å². The van der Waals surface area contributed by atoms with Crippen molar-refractivity contribution in [2.24, 2.45) is 0 Å². The lowest BCUT2D eigenvalue weighted by molar-refractivity contribution is 0.112. The first-order valence-corrected chi connectivity index (χ1v) is 3.26. The fourth-order valence-corrected chi connectivity index (χ4v) is 0.890. The summed E-state index contributed by atoms with van der Waals surface area (Å²) in [6.07, 6.45) is 0.581. The summed E-state index contributed by atoms with van der Waals surface area (Å²) in [4.78, 5) is 10.3. The summed E-state index contributed by atoms with van der Waals surface area (Å²) in [5, 5.41) is 9.20. The maximum Gasteiger partial charge on any atom is 0.151 e. The van der Waals surface area contributed by atoms with Crippen molar-refractivity contribution >= 4 is 23.6 Å². The van der Waals surface area contributed by atoms with E-state index in [2.05, 4.69) is 0 Å². The zero-order valence-corrected chi connectivity index (χ0v) is 6.30. The van der Waals surface area contributed by atoms with Crippen LogP contribution in [0.5, 0.6) is 5.75 Å². The van der Waals surface area contributed by atoms with Crippen LogP contribution < -0.4 is 5.73 Å². The molecule has 1 rings (SSSR count). The topological polar surface area (TPSA) is 63.3 Å². The summed E-state index contributed by atoms with van der Waals surface area (Å²) in [7, 11) is 0. The van der Waals surface area contributed by atoms with Crippen molar-refractivity contribution in [1.29, 1.82) is 0 Å². The smallest absolute Gasteiger partial charge is 0.151 e. The Morgan fingerprint density at radius 3 is 2.73 bits per heavy atom. The van der Waals surface area contributed by atoms with Gasteiger partial charge in [-0.2, -0.15) is 0 Å². The molecule has 0 aliphatic carbocycles. The number of halogens is 1. The summed E-state index contributed by atoms with van der Waals surface area (Å²) < 4.78 is 0. The Hall–Kier alpha value is -1.22. The third kappa shape index (κ3) is 1.43. The van der Waals surface area contributed by atoms with Crippen LogP contribution in [0.4, 0.5) is 5.69 Å². The van der Waals surface area contributed by atoms with Gasteiger partial charge < -0.3 is 10.8 Å². The molecule has 0 saturated heterocycles. The molecule has 3 N–H and O–H groups in total. The van der Waals surface area contributed by atoms with Gasteiger partial charge in [-0.25, -0.2) is 0 Å². The standard InChI is InChI=1S/C7H6ClNO2/c8-5-2-7(11)6(9)1-4(5)3-10/h1-3,11H,9H2. The van der Waals surface area contributed by atoms with Gasteiger partial charge in [0.15, 0.2) is 6.29 Å². The molecule has 1 aromatic rings. The Morgan fingerprint density at radius 2 is 2.18 bits per heavy atom. The molecule has 0 unspecified atom stereocenters. The zero-order valence-electron chi connectivity index (χ0n) is 5.54. The highest BCUT2D eigenvalue weighted by atomic mass is 35.5.